The number of methoxy groups -OCH3 is 1. The quantitative estimate of drug-likeness (QED) is 0.155. The van der Waals surface area contributed by atoms with E-state index in [1.54, 1.807) is 6.08 Å². The molecule has 0 aromatic rings. The van der Waals surface area contributed by atoms with E-state index >= 15 is 0 Å². The van der Waals surface area contributed by atoms with Crippen molar-refractivity contribution < 1.29 is 33.3 Å². The topological polar surface area (TPSA) is 88.1 Å². The molecule has 35 heavy (non-hydrogen) atoms. The molecular formula is C28H46O7. The predicted octanol–water partition coefficient (Wildman–Crippen LogP) is 5.69. The van der Waals surface area contributed by atoms with E-state index in [4.69, 9.17) is 18.9 Å². The molecule has 0 aromatic heterocycles. The Morgan fingerprint density at radius 1 is 0.971 bits per heavy atom. The number of esters is 2. The number of ether oxygens (including phenoxy) is 4. The third kappa shape index (κ3) is 11.2. The van der Waals surface area contributed by atoms with Crippen molar-refractivity contribution in [1.82, 2.24) is 0 Å². The van der Waals surface area contributed by atoms with E-state index in [0.29, 0.717) is 25.9 Å². The zero-order valence-electron chi connectivity index (χ0n) is 22.0. The molecule has 0 aromatic carbocycles. The van der Waals surface area contributed by atoms with Crippen LogP contribution in [-0.2, 0) is 33.3 Å². The van der Waals surface area contributed by atoms with Gasteiger partial charge in [0.2, 0.25) is 0 Å². The van der Waals surface area contributed by atoms with Crippen LogP contribution in [0.3, 0.4) is 0 Å². The number of unbranched alkanes of at least 4 members (excludes halogenated alkanes) is 5. The van der Waals surface area contributed by atoms with Gasteiger partial charge in [0.25, 0.3) is 0 Å². The van der Waals surface area contributed by atoms with Crippen molar-refractivity contribution in [2.75, 3.05) is 13.7 Å². The Balaban J connectivity index is 2.04. The standard InChI is InChI=1S/C28H46O7/c1-4-5-8-13-22(30)17-18-24-23(14-9-6-7-10-15-27(31)32-3)25(34-21(2)29)20-26(24)35-28-16-11-12-19-33-28/h17-18,23-26,28H,4-16,19-20H2,1-3H3/t23-,24-,25+,26-,28?/m1/s1. The molecule has 7 heteroatoms. The Morgan fingerprint density at radius 2 is 1.74 bits per heavy atom. The second-order valence-electron chi connectivity index (χ2n) is 9.91. The van der Waals surface area contributed by atoms with Crippen molar-refractivity contribution >= 4 is 17.7 Å². The molecule has 1 saturated carbocycles. The lowest BCUT2D eigenvalue weighted by atomic mass is 9.87. The lowest BCUT2D eigenvalue weighted by Crippen LogP contribution is -2.30. The summed E-state index contributed by atoms with van der Waals surface area (Å²) in [6.07, 6.45) is 15.4. The minimum Gasteiger partial charge on any atom is -0.469 e. The van der Waals surface area contributed by atoms with E-state index < -0.39 is 0 Å². The highest BCUT2D eigenvalue weighted by atomic mass is 16.7. The molecule has 2 aliphatic rings. The molecule has 0 amide bonds. The van der Waals surface area contributed by atoms with Crippen LogP contribution in [0.4, 0.5) is 0 Å². The summed E-state index contributed by atoms with van der Waals surface area (Å²) in [6, 6.07) is 0. The van der Waals surface area contributed by atoms with Crippen LogP contribution in [0.25, 0.3) is 0 Å². The summed E-state index contributed by atoms with van der Waals surface area (Å²) < 4.78 is 22.7. The maximum atomic E-state index is 12.5. The smallest absolute Gasteiger partial charge is 0.305 e. The van der Waals surface area contributed by atoms with Crippen molar-refractivity contribution in [2.24, 2.45) is 11.8 Å². The van der Waals surface area contributed by atoms with E-state index in [1.165, 1.54) is 14.0 Å². The number of rotatable bonds is 16. The lowest BCUT2D eigenvalue weighted by molar-refractivity contribution is -0.193. The van der Waals surface area contributed by atoms with E-state index in [9.17, 15) is 14.4 Å². The first-order chi connectivity index (χ1) is 16.9. The van der Waals surface area contributed by atoms with Crippen molar-refractivity contribution in [1.29, 1.82) is 0 Å². The van der Waals surface area contributed by atoms with Crippen LogP contribution >= 0.6 is 0 Å². The molecule has 5 atom stereocenters. The summed E-state index contributed by atoms with van der Waals surface area (Å²) in [5.74, 6) is -0.230. The summed E-state index contributed by atoms with van der Waals surface area (Å²) in [4.78, 5) is 35.7. The van der Waals surface area contributed by atoms with Gasteiger partial charge in [0, 0.05) is 44.6 Å². The van der Waals surface area contributed by atoms with Crippen LogP contribution in [0.5, 0.6) is 0 Å². The number of hydrogen-bond acceptors (Lipinski definition) is 7. The number of allylic oxidation sites excluding steroid dienone is 1. The second-order valence-corrected chi connectivity index (χ2v) is 9.91. The molecule has 0 radical (unpaired) electrons. The highest BCUT2D eigenvalue weighted by Crippen LogP contribution is 2.41. The molecule has 1 heterocycles. The van der Waals surface area contributed by atoms with E-state index in [-0.39, 0.29) is 48.1 Å². The fourth-order valence-corrected chi connectivity index (χ4v) is 5.19. The van der Waals surface area contributed by atoms with E-state index in [0.717, 1.165) is 70.6 Å². The lowest BCUT2D eigenvalue weighted by Gasteiger charge is -2.29. The number of carbonyl (C=O) groups is 3. The van der Waals surface area contributed by atoms with Gasteiger partial charge in [0.1, 0.15) is 6.10 Å². The first kappa shape index (κ1) is 29.5. The fourth-order valence-electron chi connectivity index (χ4n) is 5.19. The summed E-state index contributed by atoms with van der Waals surface area (Å²) >= 11 is 0. The van der Waals surface area contributed by atoms with Gasteiger partial charge in [0.05, 0.1) is 13.2 Å². The molecule has 200 valence electrons. The third-order valence-electron chi connectivity index (χ3n) is 7.07. The van der Waals surface area contributed by atoms with Gasteiger partial charge >= 0.3 is 11.9 Å². The van der Waals surface area contributed by atoms with Crippen molar-refractivity contribution in [3.63, 3.8) is 0 Å². The Morgan fingerprint density at radius 3 is 2.43 bits per heavy atom. The highest BCUT2D eigenvalue weighted by molar-refractivity contribution is 5.89. The summed E-state index contributed by atoms with van der Waals surface area (Å²) in [5, 5.41) is 0. The maximum absolute atomic E-state index is 12.5. The monoisotopic (exact) mass is 494 g/mol. The number of ketones is 1. The Labute approximate surface area is 211 Å². The molecule has 1 saturated heterocycles. The molecule has 1 aliphatic heterocycles. The van der Waals surface area contributed by atoms with Gasteiger partial charge in [-0.05, 0) is 44.6 Å². The summed E-state index contributed by atoms with van der Waals surface area (Å²) in [6.45, 7) is 4.28. The molecule has 2 rings (SSSR count). The minimum absolute atomic E-state index is 0.00456. The van der Waals surface area contributed by atoms with Crippen LogP contribution < -0.4 is 0 Å². The molecule has 0 spiro atoms. The zero-order valence-corrected chi connectivity index (χ0v) is 22.0. The van der Waals surface area contributed by atoms with Gasteiger partial charge in [0.15, 0.2) is 12.1 Å². The molecule has 1 aliphatic carbocycles. The Kier molecular flexibility index (Phi) is 14.2. The van der Waals surface area contributed by atoms with Gasteiger partial charge in [-0.25, -0.2) is 0 Å². The summed E-state index contributed by atoms with van der Waals surface area (Å²) in [5.41, 5.74) is 0. The van der Waals surface area contributed by atoms with Crippen LogP contribution in [0, 0.1) is 11.8 Å². The number of carbonyl (C=O) groups excluding carboxylic acids is 3. The molecule has 7 nitrogen and oxygen atoms in total. The van der Waals surface area contributed by atoms with Crippen LogP contribution in [-0.4, -0.2) is 49.9 Å². The van der Waals surface area contributed by atoms with E-state index in [2.05, 4.69) is 6.92 Å². The van der Waals surface area contributed by atoms with Crippen LogP contribution in [0.1, 0.15) is 104 Å². The molecular weight excluding hydrogens is 448 g/mol. The van der Waals surface area contributed by atoms with Crippen LogP contribution in [0.2, 0.25) is 0 Å². The van der Waals surface area contributed by atoms with Gasteiger partial charge in [-0.1, -0.05) is 45.1 Å². The minimum atomic E-state index is -0.286. The van der Waals surface area contributed by atoms with Gasteiger partial charge in [-0.15, -0.1) is 0 Å². The van der Waals surface area contributed by atoms with Crippen molar-refractivity contribution in [3.05, 3.63) is 12.2 Å². The van der Waals surface area contributed by atoms with Crippen molar-refractivity contribution in [2.45, 2.75) is 122 Å². The SMILES string of the molecule is CCCCCC(=O)C=C[C@@H]1[C@@H](CCCCCCC(=O)OC)[C@@H](OC(C)=O)C[C@H]1OC1CCCCO1. The molecule has 0 bridgehead atoms. The van der Waals surface area contributed by atoms with Crippen molar-refractivity contribution in [3.8, 4) is 0 Å². The van der Waals surface area contributed by atoms with Crippen LogP contribution in [0.15, 0.2) is 12.2 Å². The average Bonchev–Trinajstić information content (AvgIpc) is 3.15. The first-order valence-corrected chi connectivity index (χ1v) is 13.7. The fraction of sp³-hybridized carbons (Fsp3) is 0.821. The summed E-state index contributed by atoms with van der Waals surface area (Å²) in [7, 11) is 1.41. The zero-order chi connectivity index (χ0) is 25.5. The maximum Gasteiger partial charge on any atom is 0.305 e. The third-order valence-corrected chi connectivity index (χ3v) is 7.07. The molecule has 0 N–H and O–H groups in total. The van der Waals surface area contributed by atoms with Gasteiger partial charge in [-0.3, -0.25) is 14.4 Å². The molecule has 2 fully saturated rings. The largest absolute Gasteiger partial charge is 0.469 e. The Hall–Kier alpha value is -1.73. The average molecular weight is 495 g/mol. The van der Waals surface area contributed by atoms with E-state index in [1.807, 2.05) is 6.08 Å². The second kappa shape index (κ2) is 16.9. The highest BCUT2D eigenvalue weighted by Gasteiger charge is 2.45. The Bertz CT molecular complexity index is 668. The number of hydrogen-bond donors (Lipinski definition) is 0. The predicted molar refractivity (Wildman–Crippen MR) is 134 cm³/mol. The van der Waals surface area contributed by atoms with Gasteiger partial charge < -0.3 is 18.9 Å². The molecule has 1 unspecified atom stereocenters. The van der Waals surface area contributed by atoms with Gasteiger partial charge in [-0.2, -0.15) is 0 Å². The normalized spacial score (nSPS) is 26.7. The first-order valence-electron chi connectivity index (χ1n) is 13.7.